The first kappa shape index (κ1) is 16.2. The first-order valence-electron chi connectivity index (χ1n) is 6.24. The summed E-state index contributed by atoms with van der Waals surface area (Å²) in [6, 6.07) is 6.16. The van der Waals surface area contributed by atoms with E-state index in [-0.39, 0.29) is 0 Å². The maximum Gasteiger partial charge on any atom is 0.328 e. The average molecular weight is 306 g/mol. The normalized spacial score (nSPS) is 34.9. The molecular formula is C13H16F2O6. The molecule has 1 heterocycles. The molecule has 6 nitrogen and oxygen atoms in total. The molecule has 0 saturated carbocycles. The number of ether oxygens (including phenoxy) is 1. The fourth-order valence-corrected chi connectivity index (χ4v) is 2.28. The molecule has 0 radical (unpaired) electrons. The van der Waals surface area contributed by atoms with Crippen LogP contribution in [0.4, 0.5) is 8.78 Å². The molecule has 8 heteroatoms. The van der Waals surface area contributed by atoms with Crippen molar-refractivity contribution in [3.63, 3.8) is 0 Å². The fourth-order valence-electron chi connectivity index (χ4n) is 2.28. The molecule has 0 aliphatic carbocycles. The lowest BCUT2D eigenvalue weighted by molar-refractivity contribution is -0.343. The molecule has 1 fully saturated rings. The van der Waals surface area contributed by atoms with E-state index in [1.54, 1.807) is 0 Å². The third kappa shape index (κ3) is 2.44. The minimum absolute atomic E-state index is 0.627. The van der Waals surface area contributed by atoms with Crippen LogP contribution in [0.25, 0.3) is 0 Å². The molecule has 5 N–H and O–H groups in total. The Morgan fingerprint density at radius 2 is 1.81 bits per heavy atom. The van der Waals surface area contributed by atoms with Crippen molar-refractivity contribution in [1.29, 1.82) is 0 Å². The van der Waals surface area contributed by atoms with E-state index in [0.29, 0.717) is 0 Å². The highest BCUT2D eigenvalue weighted by Crippen LogP contribution is 2.47. The van der Waals surface area contributed by atoms with Crippen molar-refractivity contribution in [2.24, 2.45) is 0 Å². The van der Waals surface area contributed by atoms with Gasteiger partial charge in [-0.2, -0.15) is 8.78 Å². The van der Waals surface area contributed by atoms with Crippen LogP contribution >= 0.6 is 0 Å². The standard InChI is InChI=1S/C13H16F2O6/c14-12(15,7-4-2-1-3-5-7)13(20)11(19)9(18)10(21-13)8(17)6-16/h1-5,8-11,16-20H,6H2/t8?,9-,10?,11+,13?/m0/s1. The van der Waals surface area contributed by atoms with E-state index >= 15 is 0 Å². The summed E-state index contributed by atoms with van der Waals surface area (Å²) in [5.41, 5.74) is -0.627. The van der Waals surface area contributed by atoms with Crippen LogP contribution in [0.15, 0.2) is 30.3 Å². The second kappa shape index (κ2) is 5.56. The lowest BCUT2D eigenvalue weighted by Gasteiger charge is -2.34. The van der Waals surface area contributed by atoms with Crippen molar-refractivity contribution in [2.45, 2.75) is 36.1 Å². The summed E-state index contributed by atoms with van der Waals surface area (Å²) in [5, 5.41) is 47.7. The molecule has 118 valence electrons. The maximum absolute atomic E-state index is 14.4. The predicted octanol–water partition coefficient (Wildman–Crippen LogP) is -1.06. The molecular weight excluding hydrogens is 290 g/mol. The summed E-state index contributed by atoms with van der Waals surface area (Å²) in [4.78, 5) is 0. The van der Waals surface area contributed by atoms with Crippen molar-refractivity contribution in [1.82, 2.24) is 0 Å². The SMILES string of the molecule is OCC(O)C1OC(O)(C(F)(F)c2ccccc2)[C@H](O)[C@H]1O. The summed E-state index contributed by atoms with van der Waals surface area (Å²) in [6.07, 6.45) is -7.81. The quantitative estimate of drug-likeness (QED) is 0.485. The van der Waals surface area contributed by atoms with Gasteiger partial charge in [0.05, 0.1) is 6.61 Å². The predicted molar refractivity (Wildman–Crippen MR) is 65.3 cm³/mol. The smallest absolute Gasteiger partial charge is 0.328 e. The number of benzene rings is 1. The van der Waals surface area contributed by atoms with Gasteiger partial charge in [0.2, 0.25) is 0 Å². The van der Waals surface area contributed by atoms with Crippen LogP contribution in [0.2, 0.25) is 0 Å². The number of aliphatic hydroxyl groups is 5. The number of aliphatic hydroxyl groups excluding tert-OH is 4. The van der Waals surface area contributed by atoms with E-state index in [1.807, 2.05) is 0 Å². The molecule has 21 heavy (non-hydrogen) atoms. The Hall–Kier alpha value is -1.16. The molecule has 0 bridgehead atoms. The van der Waals surface area contributed by atoms with Gasteiger partial charge in [-0.1, -0.05) is 30.3 Å². The van der Waals surface area contributed by atoms with Crippen molar-refractivity contribution >= 4 is 0 Å². The molecule has 0 spiro atoms. The number of hydrogen-bond acceptors (Lipinski definition) is 6. The van der Waals surface area contributed by atoms with Crippen LogP contribution in [0, 0.1) is 0 Å². The number of rotatable bonds is 4. The molecule has 1 aromatic carbocycles. The molecule has 0 amide bonds. The van der Waals surface area contributed by atoms with Gasteiger partial charge in [-0.25, -0.2) is 0 Å². The summed E-state index contributed by atoms with van der Waals surface area (Å²) in [6.45, 7) is -0.887. The van der Waals surface area contributed by atoms with Crippen LogP contribution in [0.1, 0.15) is 5.56 Å². The van der Waals surface area contributed by atoms with Gasteiger partial charge in [-0.15, -0.1) is 0 Å². The lowest BCUT2D eigenvalue weighted by atomic mass is 9.93. The largest absolute Gasteiger partial charge is 0.394 e. The fraction of sp³-hybridized carbons (Fsp3) is 0.538. The monoisotopic (exact) mass is 306 g/mol. The van der Waals surface area contributed by atoms with Gasteiger partial charge in [0.15, 0.2) is 0 Å². The summed E-state index contributed by atoms with van der Waals surface area (Å²) < 4.78 is 33.5. The third-order valence-corrected chi connectivity index (χ3v) is 3.53. The van der Waals surface area contributed by atoms with E-state index in [9.17, 15) is 29.2 Å². The average Bonchev–Trinajstić information content (AvgIpc) is 2.73. The van der Waals surface area contributed by atoms with Gasteiger partial charge in [-0.3, -0.25) is 0 Å². The van der Waals surface area contributed by atoms with Gasteiger partial charge in [0, 0.05) is 5.56 Å². The van der Waals surface area contributed by atoms with Crippen molar-refractivity contribution in [3.8, 4) is 0 Å². The highest BCUT2D eigenvalue weighted by molar-refractivity contribution is 5.24. The van der Waals surface area contributed by atoms with Gasteiger partial charge < -0.3 is 30.3 Å². The Morgan fingerprint density at radius 1 is 1.24 bits per heavy atom. The number of halogens is 2. The van der Waals surface area contributed by atoms with E-state index in [4.69, 9.17) is 5.11 Å². The third-order valence-electron chi connectivity index (χ3n) is 3.53. The summed E-state index contributed by atoms with van der Waals surface area (Å²) in [7, 11) is 0. The van der Waals surface area contributed by atoms with E-state index in [2.05, 4.69) is 4.74 Å². The highest BCUT2D eigenvalue weighted by Gasteiger charge is 2.68. The Labute approximate surface area is 118 Å². The Balaban J connectivity index is 2.37. The van der Waals surface area contributed by atoms with E-state index in [1.165, 1.54) is 18.2 Å². The molecule has 1 aliphatic rings. The van der Waals surface area contributed by atoms with Crippen molar-refractivity contribution in [2.75, 3.05) is 6.61 Å². The topological polar surface area (TPSA) is 110 Å². The highest BCUT2D eigenvalue weighted by atomic mass is 19.3. The molecule has 5 atom stereocenters. The second-order valence-corrected chi connectivity index (χ2v) is 4.90. The van der Waals surface area contributed by atoms with Gasteiger partial charge >= 0.3 is 5.92 Å². The molecule has 1 aromatic rings. The minimum atomic E-state index is -4.04. The van der Waals surface area contributed by atoms with Crippen molar-refractivity contribution < 1.29 is 39.1 Å². The van der Waals surface area contributed by atoms with Crippen LogP contribution in [0.5, 0.6) is 0 Å². The van der Waals surface area contributed by atoms with Gasteiger partial charge in [0.1, 0.15) is 24.4 Å². The van der Waals surface area contributed by atoms with Gasteiger partial charge in [0.25, 0.3) is 5.79 Å². The van der Waals surface area contributed by atoms with Crippen LogP contribution in [-0.4, -0.2) is 62.3 Å². The van der Waals surface area contributed by atoms with Crippen LogP contribution in [-0.2, 0) is 10.7 Å². The molecule has 1 saturated heterocycles. The summed E-state index contributed by atoms with van der Waals surface area (Å²) >= 11 is 0. The number of hydrogen-bond donors (Lipinski definition) is 5. The van der Waals surface area contributed by atoms with Crippen molar-refractivity contribution in [3.05, 3.63) is 35.9 Å². The zero-order valence-corrected chi connectivity index (χ0v) is 10.8. The van der Waals surface area contributed by atoms with E-state index < -0.39 is 48.3 Å². The maximum atomic E-state index is 14.4. The molecule has 3 unspecified atom stereocenters. The Kier molecular flexibility index (Phi) is 4.29. The Morgan fingerprint density at radius 3 is 2.33 bits per heavy atom. The zero-order chi connectivity index (χ0) is 15.8. The summed E-state index contributed by atoms with van der Waals surface area (Å²) in [5.74, 6) is -7.47. The first-order valence-corrected chi connectivity index (χ1v) is 6.24. The van der Waals surface area contributed by atoms with Crippen LogP contribution in [0.3, 0.4) is 0 Å². The lowest BCUT2D eigenvalue weighted by Crippen LogP contribution is -2.55. The molecule has 0 aromatic heterocycles. The zero-order valence-electron chi connectivity index (χ0n) is 10.8. The molecule has 1 aliphatic heterocycles. The first-order chi connectivity index (χ1) is 9.75. The van der Waals surface area contributed by atoms with Crippen LogP contribution < -0.4 is 0 Å². The second-order valence-electron chi connectivity index (χ2n) is 4.90. The minimum Gasteiger partial charge on any atom is -0.394 e. The van der Waals surface area contributed by atoms with Gasteiger partial charge in [-0.05, 0) is 0 Å². The number of alkyl halides is 2. The Bertz CT molecular complexity index is 485. The molecule has 2 rings (SSSR count). The van der Waals surface area contributed by atoms with E-state index in [0.717, 1.165) is 12.1 Å².